The normalized spacial score (nSPS) is 16.1. The molecule has 252 valence electrons. The number of piperidine rings is 2. The first-order chi connectivity index (χ1) is 24.4. The molecule has 2 saturated heterocycles. The van der Waals surface area contributed by atoms with Crippen LogP contribution < -0.4 is 10.6 Å². The number of nitriles is 2. The molecule has 2 N–H and O–H groups in total. The highest BCUT2D eigenvalue weighted by atomic mass is 16.3. The van der Waals surface area contributed by atoms with Gasteiger partial charge in [0.25, 0.3) is 11.8 Å². The van der Waals surface area contributed by atoms with Crippen LogP contribution in [0.1, 0.15) is 69.0 Å². The van der Waals surface area contributed by atoms with Crippen molar-refractivity contribution < 1.29 is 14.0 Å². The number of fused-ring (bicyclic) bond motifs is 1. The van der Waals surface area contributed by atoms with Crippen LogP contribution in [0.3, 0.4) is 0 Å². The van der Waals surface area contributed by atoms with E-state index in [4.69, 9.17) is 20.0 Å². The van der Waals surface area contributed by atoms with Gasteiger partial charge < -0.3 is 15.1 Å². The smallest absolute Gasteiger partial charge is 0.287 e. The van der Waals surface area contributed by atoms with Gasteiger partial charge in [0.1, 0.15) is 5.58 Å². The third-order valence-corrected chi connectivity index (χ3v) is 9.63. The summed E-state index contributed by atoms with van der Waals surface area (Å²) in [6.45, 7) is 5.00. The first-order valence-electron chi connectivity index (χ1n) is 17.1. The molecule has 7 rings (SSSR count). The Morgan fingerprint density at radius 3 is 1.98 bits per heavy atom. The largest absolute Gasteiger partial charge is 0.451 e. The van der Waals surface area contributed by atoms with Crippen molar-refractivity contribution in [1.29, 1.82) is 10.5 Å². The Morgan fingerprint density at radius 1 is 0.740 bits per heavy atom. The summed E-state index contributed by atoms with van der Waals surface area (Å²) in [6.07, 6.45) is 5.30. The van der Waals surface area contributed by atoms with Crippen molar-refractivity contribution in [3.8, 4) is 17.8 Å². The van der Waals surface area contributed by atoms with E-state index in [2.05, 4.69) is 32.6 Å². The number of hydrogen-bond acceptors (Lipinski definition) is 8. The lowest BCUT2D eigenvalue weighted by atomic mass is 10.0. The molecular weight excluding hydrogens is 628 g/mol. The van der Waals surface area contributed by atoms with E-state index in [9.17, 15) is 9.59 Å². The van der Waals surface area contributed by atoms with Gasteiger partial charge in [-0.2, -0.15) is 15.6 Å². The number of furan rings is 1. The summed E-state index contributed by atoms with van der Waals surface area (Å²) in [6, 6.07) is 28.4. The Bertz CT molecular complexity index is 2050. The quantitative estimate of drug-likeness (QED) is 0.220. The fraction of sp³-hybridized carbons (Fsp3) is 0.308. The number of benzene rings is 3. The first-order valence-corrected chi connectivity index (χ1v) is 17.1. The monoisotopic (exact) mass is 666 g/mol. The fourth-order valence-corrected chi connectivity index (χ4v) is 6.74. The molecule has 0 radical (unpaired) electrons. The second-order valence-electron chi connectivity index (χ2n) is 13.1. The molecule has 0 spiro atoms. The lowest BCUT2D eigenvalue weighted by molar-refractivity contribution is 0.0881. The van der Waals surface area contributed by atoms with Crippen molar-refractivity contribution in [2.75, 3.05) is 26.2 Å². The molecule has 50 heavy (non-hydrogen) atoms. The van der Waals surface area contributed by atoms with Gasteiger partial charge in [0.2, 0.25) is 0 Å². The van der Waals surface area contributed by atoms with E-state index in [-0.39, 0.29) is 29.7 Å². The number of amides is 2. The highest BCUT2D eigenvalue weighted by Gasteiger charge is 2.24. The SMILES string of the molecule is N#Cc1ccc(CN2CCC(NC(=O)c3cc4cc(C(=O)NC5CCN(Cc6ccn(-c7ccc(C#N)cc7)n6)CC5)ccc4o3)CC2)cc1. The predicted octanol–water partition coefficient (Wildman–Crippen LogP) is 5.15. The van der Waals surface area contributed by atoms with Crippen LogP contribution >= 0.6 is 0 Å². The first kappa shape index (κ1) is 32.8. The predicted molar refractivity (Wildman–Crippen MR) is 187 cm³/mol. The molecule has 2 fully saturated rings. The van der Waals surface area contributed by atoms with Crippen LogP contribution in [0, 0.1) is 22.7 Å². The van der Waals surface area contributed by atoms with E-state index in [1.54, 1.807) is 36.4 Å². The Hall–Kier alpha value is -5.75. The van der Waals surface area contributed by atoms with Gasteiger partial charge in [-0.05, 0) is 98.0 Å². The van der Waals surface area contributed by atoms with Crippen LogP contribution in [0.2, 0.25) is 0 Å². The molecule has 11 heteroatoms. The maximum atomic E-state index is 13.2. The highest BCUT2D eigenvalue weighted by molar-refractivity contribution is 6.00. The van der Waals surface area contributed by atoms with Crippen molar-refractivity contribution in [3.05, 3.63) is 119 Å². The van der Waals surface area contributed by atoms with Crippen LogP contribution in [-0.4, -0.2) is 69.7 Å². The average Bonchev–Trinajstić information content (AvgIpc) is 3.81. The van der Waals surface area contributed by atoms with E-state index in [0.717, 1.165) is 81.7 Å². The molecular formula is C39H38N8O3. The number of carbonyl (C=O) groups is 2. The topological polar surface area (TPSA) is 143 Å². The van der Waals surface area contributed by atoms with Crippen LogP contribution in [-0.2, 0) is 13.1 Å². The molecule has 2 amide bonds. The van der Waals surface area contributed by atoms with E-state index >= 15 is 0 Å². The molecule has 5 aromatic rings. The molecule has 11 nitrogen and oxygen atoms in total. The lowest BCUT2D eigenvalue weighted by Crippen LogP contribution is -2.44. The minimum absolute atomic E-state index is 0.0619. The van der Waals surface area contributed by atoms with Crippen LogP contribution in [0.4, 0.5) is 0 Å². The van der Waals surface area contributed by atoms with Crippen LogP contribution in [0.5, 0.6) is 0 Å². The van der Waals surface area contributed by atoms with Gasteiger partial charge in [0.15, 0.2) is 5.76 Å². The zero-order chi connectivity index (χ0) is 34.5. The zero-order valence-corrected chi connectivity index (χ0v) is 27.7. The van der Waals surface area contributed by atoms with Gasteiger partial charge in [-0.15, -0.1) is 0 Å². The van der Waals surface area contributed by atoms with Gasteiger partial charge in [-0.3, -0.25) is 19.4 Å². The average molecular weight is 667 g/mol. The van der Waals surface area contributed by atoms with E-state index in [0.29, 0.717) is 22.3 Å². The summed E-state index contributed by atoms with van der Waals surface area (Å²) in [7, 11) is 0. The van der Waals surface area contributed by atoms with E-state index in [1.807, 2.05) is 53.3 Å². The number of nitrogens with one attached hydrogen (secondary N) is 2. The minimum atomic E-state index is -0.245. The molecule has 0 unspecified atom stereocenters. The van der Waals surface area contributed by atoms with Crippen molar-refractivity contribution in [2.24, 2.45) is 0 Å². The Kier molecular flexibility index (Phi) is 9.70. The molecule has 2 aliphatic rings. The Balaban J connectivity index is 0.863. The summed E-state index contributed by atoms with van der Waals surface area (Å²) in [5, 5.41) is 29.8. The number of carbonyl (C=O) groups excluding carboxylic acids is 2. The summed E-state index contributed by atoms with van der Waals surface area (Å²) in [5.74, 6) is -0.135. The van der Waals surface area contributed by atoms with Crippen molar-refractivity contribution in [1.82, 2.24) is 30.2 Å². The van der Waals surface area contributed by atoms with Crippen LogP contribution in [0.25, 0.3) is 16.7 Å². The van der Waals surface area contributed by atoms with Gasteiger partial charge in [-0.1, -0.05) is 12.1 Å². The van der Waals surface area contributed by atoms with Crippen molar-refractivity contribution >= 4 is 22.8 Å². The summed E-state index contributed by atoms with van der Waals surface area (Å²) >= 11 is 0. The van der Waals surface area contributed by atoms with E-state index in [1.165, 1.54) is 5.56 Å². The Labute approximate surface area is 290 Å². The molecule has 0 atom stereocenters. The van der Waals surface area contributed by atoms with Gasteiger partial charge in [0, 0.05) is 68.5 Å². The number of nitrogens with zero attached hydrogens (tertiary/aromatic N) is 6. The number of likely N-dealkylation sites (tertiary alicyclic amines) is 2. The van der Waals surface area contributed by atoms with Crippen molar-refractivity contribution in [3.63, 3.8) is 0 Å². The molecule has 2 aliphatic heterocycles. The summed E-state index contributed by atoms with van der Waals surface area (Å²) in [5.41, 5.74) is 5.44. The van der Waals surface area contributed by atoms with Gasteiger partial charge >= 0.3 is 0 Å². The fourth-order valence-electron chi connectivity index (χ4n) is 6.74. The van der Waals surface area contributed by atoms with E-state index < -0.39 is 0 Å². The maximum Gasteiger partial charge on any atom is 0.287 e. The van der Waals surface area contributed by atoms with Gasteiger partial charge in [-0.25, -0.2) is 4.68 Å². The Morgan fingerprint density at radius 2 is 1.34 bits per heavy atom. The van der Waals surface area contributed by atoms with Crippen LogP contribution in [0.15, 0.2) is 89.5 Å². The third-order valence-electron chi connectivity index (χ3n) is 9.63. The number of aromatic nitrogens is 2. The van der Waals surface area contributed by atoms with Crippen molar-refractivity contribution in [2.45, 2.75) is 50.9 Å². The summed E-state index contributed by atoms with van der Waals surface area (Å²) in [4.78, 5) is 31.0. The third kappa shape index (κ3) is 7.76. The standard InChI is InChI=1S/C39H38N8O3/c40-23-27-1-3-29(4-2-27)25-45-16-11-33(12-17-45)43-39(49)37-22-31-21-30(7-10-36(31)50-37)38(48)42-32-13-18-46(19-14-32)26-34-15-20-47(44-34)35-8-5-28(24-41)6-9-35/h1-10,15,20-22,32-33H,11-14,16-19,25-26H2,(H,42,48)(H,43,49). The molecule has 0 bridgehead atoms. The molecule has 4 heterocycles. The molecule has 3 aromatic carbocycles. The lowest BCUT2D eigenvalue weighted by Gasteiger charge is -2.32. The number of rotatable bonds is 9. The number of hydrogen-bond donors (Lipinski definition) is 2. The molecule has 0 saturated carbocycles. The second-order valence-corrected chi connectivity index (χ2v) is 13.1. The highest BCUT2D eigenvalue weighted by Crippen LogP contribution is 2.23. The maximum absolute atomic E-state index is 13.2. The molecule has 2 aromatic heterocycles. The molecule has 0 aliphatic carbocycles. The summed E-state index contributed by atoms with van der Waals surface area (Å²) < 4.78 is 7.69. The minimum Gasteiger partial charge on any atom is -0.451 e. The second kappa shape index (κ2) is 14.8. The van der Waals surface area contributed by atoms with Gasteiger partial charge in [0.05, 0.1) is 34.6 Å². The zero-order valence-electron chi connectivity index (χ0n) is 27.7.